The van der Waals surface area contributed by atoms with Crippen LogP contribution in [-0.2, 0) is 13.0 Å². The lowest BCUT2D eigenvalue weighted by Crippen LogP contribution is -2.23. The minimum Gasteiger partial charge on any atom is -0.312 e. The minimum absolute atomic E-state index is 0.110. The van der Waals surface area contributed by atoms with Gasteiger partial charge in [-0.3, -0.25) is 4.79 Å². The summed E-state index contributed by atoms with van der Waals surface area (Å²) in [6.45, 7) is 6.21. The molecule has 0 saturated heterocycles. The first kappa shape index (κ1) is 14.0. The first-order valence-electron chi connectivity index (χ1n) is 7.62. The molecular formula is C19H21NO. The first-order valence-corrected chi connectivity index (χ1v) is 7.62. The van der Waals surface area contributed by atoms with Crippen LogP contribution in [0.3, 0.4) is 0 Å². The molecule has 0 aromatic heterocycles. The number of ketones is 1. The van der Waals surface area contributed by atoms with Crippen LogP contribution >= 0.6 is 0 Å². The number of hydrogen-bond acceptors (Lipinski definition) is 2. The predicted molar refractivity (Wildman–Crippen MR) is 85.8 cm³/mol. The van der Waals surface area contributed by atoms with E-state index < -0.39 is 0 Å². The highest BCUT2D eigenvalue weighted by Gasteiger charge is 2.14. The second-order valence-electron chi connectivity index (χ2n) is 6.02. The number of benzene rings is 2. The Labute approximate surface area is 126 Å². The van der Waals surface area contributed by atoms with Crippen molar-refractivity contribution in [2.24, 2.45) is 0 Å². The summed E-state index contributed by atoms with van der Waals surface area (Å²) in [6.07, 6.45) is 1.05. The lowest BCUT2D eigenvalue weighted by molar-refractivity contribution is 0.103. The van der Waals surface area contributed by atoms with Gasteiger partial charge in [0.05, 0.1) is 0 Å². The van der Waals surface area contributed by atoms with Gasteiger partial charge >= 0.3 is 0 Å². The Balaban J connectivity index is 1.87. The smallest absolute Gasteiger partial charge is 0.193 e. The lowest BCUT2D eigenvalue weighted by Gasteiger charge is -2.17. The molecule has 0 radical (unpaired) electrons. The Morgan fingerprint density at radius 1 is 1.00 bits per heavy atom. The van der Waals surface area contributed by atoms with E-state index in [4.69, 9.17) is 0 Å². The molecule has 1 aliphatic rings. The number of fused-ring (bicyclic) bond motifs is 1. The third-order valence-electron chi connectivity index (χ3n) is 4.19. The summed E-state index contributed by atoms with van der Waals surface area (Å²) in [6, 6.07) is 14.1. The molecule has 0 aliphatic carbocycles. The van der Waals surface area contributed by atoms with E-state index in [-0.39, 0.29) is 5.78 Å². The van der Waals surface area contributed by atoms with Crippen LogP contribution in [0, 0.1) is 0 Å². The van der Waals surface area contributed by atoms with Crippen molar-refractivity contribution in [2.75, 3.05) is 6.54 Å². The Kier molecular flexibility index (Phi) is 3.89. The summed E-state index contributed by atoms with van der Waals surface area (Å²) >= 11 is 0. The van der Waals surface area contributed by atoms with Crippen molar-refractivity contribution in [3.8, 4) is 0 Å². The molecule has 0 bridgehead atoms. The fourth-order valence-electron chi connectivity index (χ4n) is 2.81. The van der Waals surface area contributed by atoms with Crippen LogP contribution in [0.1, 0.15) is 52.4 Å². The van der Waals surface area contributed by atoms with Gasteiger partial charge in [0.15, 0.2) is 5.78 Å². The normalized spacial score (nSPS) is 14.0. The summed E-state index contributed by atoms with van der Waals surface area (Å²) in [7, 11) is 0. The van der Waals surface area contributed by atoms with Crippen molar-refractivity contribution in [1.29, 1.82) is 0 Å². The number of carbonyl (C=O) groups is 1. The zero-order valence-electron chi connectivity index (χ0n) is 12.6. The molecule has 0 atom stereocenters. The lowest BCUT2D eigenvalue weighted by atomic mass is 9.94. The molecule has 3 rings (SSSR count). The van der Waals surface area contributed by atoms with E-state index in [1.165, 1.54) is 16.7 Å². The second kappa shape index (κ2) is 5.82. The maximum atomic E-state index is 12.6. The maximum absolute atomic E-state index is 12.6. The van der Waals surface area contributed by atoms with Crippen molar-refractivity contribution < 1.29 is 4.79 Å². The Morgan fingerprint density at radius 2 is 1.71 bits per heavy atom. The van der Waals surface area contributed by atoms with E-state index >= 15 is 0 Å². The highest BCUT2D eigenvalue weighted by atomic mass is 16.1. The van der Waals surface area contributed by atoms with Crippen molar-refractivity contribution in [3.05, 3.63) is 70.3 Å². The minimum atomic E-state index is 0.110. The average molecular weight is 279 g/mol. The van der Waals surface area contributed by atoms with Gasteiger partial charge in [-0.1, -0.05) is 50.2 Å². The predicted octanol–water partition coefficient (Wildman–Crippen LogP) is 3.69. The maximum Gasteiger partial charge on any atom is 0.193 e. The zero-order valence-corrected chi connectivity index (χ0v) is 12.6. The van der Waals surface area contributed by atoms with Gasteiger partial charge in [0.25, 0.3) is 0 Å². The van der Waals surface area contributed by atoms with Gasteiger partial charge in [-0.25, -0.2) is 0 Å². The van der Waals surface area contributed by atoms with Crippen LogP contribution in [0.4, 0.5) is 0 Å². The fraction of sp³-hybridized carbons (Fsp3) is 0.316. The van der Waals surface area contributed by atoms with Crippen LogP contribution in [0.15, 0.2) is 42.5 Å². The monoisotopic (exact) mass is 279 g/mol. The summed E-state index contributed by atoms with van der Waals surface area (Å²) in [5.41, 5.74) is 5.44. The van der Waals surface area contributed by atoms with Crippen molar-refractivity contribution in [2.45, 2.75) is 32.7 Å². The highest BCUT2D eigenvalue weighted by Crippen LogP contribution is 2.20. The number of hydrogen-bond donors (Lipinski definition) is 1. The molecule has 0 saturated carbocycles. The molecule has 1 heterocycles. The number of rotatable bonds is 3. The largest absolute Gasteiger partial charge is 0.312 e. The molecule has 1 N–H and O–H groups in total. The topological polar surface area (TPSA) is 29.1 Å². The van der Waals surface area contributed by atoms with E-state index in [9.17, 15) is 4.79 Å². The van der Waals surface area contributed by atoms with Crippen molar-refractivity contribution >= 4 is 5.78 Å². The SMILES string of the molecule is CC(C)c1ccc(C(=O)c2ccc3c(c2)CNCC3)cc1. The van der Waals surface area contributed by atoms with E-state index in [0.717, 1.165) is 30.6 Å². The quantitative estimate of drug-likeness (QED) is 0.868. The van der Waals surface area contributed by atoms with Gasteiger partial charge in [-0.2, -0.15) is 0 Å². The summed E-state index contributed by atoms with van der Waals surface area (Å²) in [4.78, 5) is 12.6. The molecule has 0 fully saturated rings. The van der Waals surface area contributed by atoms with Gasteiger partial charge in [0.2, 0.25) is 0 Å². The molecule has 2 aromatic rings. The van der Waals surface area contributed by atoms with Crippen molar-refractivity contribution in [3.63, 3.8) is 0 Å². The molecule has 21 heavy (non-hydrogen) atoms. The molecule has 0 unspecified atom stereocenters. The third kappa shape index (κ3) is 2.91. The molecule has 0 amide bonds. The standard InChI is InChI=1S/C19H21NO/c1-13(2)14-3-6-16(7-4-14)19(21)17-8-5-15-9-10-20-12-18(15)11-17/h3-8,11,13,20H,9-10,12H2,1-2H3. The van der Waals surface area contributed by atoms with E-state index in [1.807, 2.05) is 24.3 Å². The molecular weight excluding hydrogens is 258 g/mol. The second-order valence-corrected chi connectivity index (χ2v) is 6.02. The van der Waals surface area contributed by atoms with Gasteiger partial charge < -0.3 is 5.32 Å². The summed E-state index contributed by atoms with van der Waals surface area (Å²) in [5, 5.41) is 3.36. The summed E-state index contributed by atoms with van der Waals surface area (Å²) in [5.74, 6) is 0.600. The molecule has 0 spiro atoms. The summed E-state index contributed by atoms with van der Waals surface area (Å²) < 4.78 is 0. The van der Waals surface area contributed by atoms with Gasteiger partial charge in [-0.05, 0) is 41.6 Å². The van der Waals surface area contributed by atoms with E-state index in [1.54, 1.807) is 0 Å². The molecule has 1 aliphatic heterocycles. The highest BCUT2D eigenvalue weighted by molar-refractivity contribution is 6.09. The number of nitrogens with one attached hydrogen (secondary N) is 1. The molecule has 2 nitrogen and oxygen atoms in total. The van der Waals surface area contributed by atoms with Crippen molar-refractivity contribution in [1.82, 2.24) is 5.32 Å². The van der Waals surface area contributed by atoms with Crippen LogP contribution in [0.25, 0.3) is 0 Å². The van der Waals surface area contributed by atoms with Crippen LogP contribution in [0.2, 0.25) is 0 Å². The molecule has 2 heteroatoms. The average Bonchev–Trinajstić information content (AvgIpc) is 2.54. The Morgan fingerprint density at radius 3 is 2.43 bits per heavy atom. The Hall–Kier alpha value is -1.93. The van der Waals surface area contributed by atoms with Crippen LogP contribution < -0.4 is 5.32 Å². The van der Waals surface area contributed by atoms with Crippen LogP contribution in [-0.4, -0.2) is 12.3 Å². The molecule has 2 aromatic carbocycles. The van der Waals surface area contributed by atoms with Gasteiger partial charge in [0, 0.05) is 17.7 Å². The van der Waals surface area contributed by atoms with Crippen LogP contribution in [0.5, 0.6) is 0 Å². The zero-order chi connectivity index (χ0) is 14.8. The Bertz CT molecular complexity index is 656. The number of carbonyl (C=O) groups excluding carboxylic acids is 1. The fourth-order valence-corrected chi connectivity index (χ4v) is 2.81. The van der Waals surface area contributed by atoms with E-state index in [0.29, 0.717) is 5.92 Å². The third-order valence-corrected chi connectivity index (χ3v) is 4.19. The molecule has 108 valence electrons. The first-order chi connectivity index (χ1) is 10.1. The van der Waals surface area contributed by atoms with Gasteiger partial charge in [0.1, 0.15) is 0 Å². The van der Waals surface area contributed by atoms with E-state index in [2.05, 4.69) is 37.4 Å². The van der Waals surface area contributed by atoms with Gasteiger partial charge in [-0.15, -0.1) is 0 Å².